The molecule has 0 spiro atoms. The van der Waals surface area contributed by atoms with Gasteiger partial charge in [-0.15, -0.1) is 0 Å². The summed E-state index contributed by atoms with van der Waals surface area (Å²) in [7, 11) is 0. The molecule has 2 N–H and O–H groups in total. The van der Waals surface area contributed by atoms with Crippen molar-refractivity contribution < 1.29 is 9.90 Å². The average Bonchev–Trinajstić information content (AvgIpc) is 3.01. The molecule has 4 rings (SSSR count). The van der Waals surface area contributed by atoms with Gasteiger partial charge in [0.15, 0.2) is 0 Å². The fourth-order valence-electron chi connectivity index (χ4n) is 3.78. The van der Waals surface area contributed by atoms with Crippen LogP contribution in [-0.2, 0) is 11.3 Å². The molecule has 4 nitrogen and oxygen atoms in total. The SMILES string of the molecule is CCNc1cccc2c1c(Sc1cccc(-c3ccccc3)c1)c(C)n2CC(=O)O. The molecule has 0 saturated heterocycles. The van der Waals surface area contributed by atoms with Crippen LogP contribution in [0.15, 0.2) is 82.6 Å². The number of aliphatic carboxylic acids is 1. The lowest BCUT2D eigenvalue weighted by Crippen LogP contribution is -2.09. The van der Waals surface area contributed by atoms with Gasteiger partial charge >= 0.3 is 5.97 Å². The summed E-state index contributed by atoms with van der Waals surface area (Å²) < 4.78 is 1.89. The molecule has 0 unspecified atom stereocenters. The van der Waals surface area contributed by atoms with Gasteiger partial charge in [-0.3, -0.25) is 4.79 Å². The molecule has 0 aliphatic rings. The number of anilines is 1. The minimum absolute atomic E-state index is 0.0530. The van der Waals surface area contributed by atoms with Gasteiger partial charge < -0.3 is 15.0 Å². The summed E-state index contributed by atoms with van der Waals surface area (Å²) in [5.41, 5.74) is 5.28. The van der Waals surface area contributed by atoms with E-state index < -0.39 is 5.97 Å². The molecule has 152 valence electrons. The highest BCUT2D eigenvalue weighted by Gasteiger charge is 2.19. The zero-order valence-electron chi connectivity index (χ0n) is 17.1. The average molecular weight is 417 g/mol. The van der Waals surface area contributed by atoms with Crippen LogP contribution in [0.4, 0.5) is 5.69 Å². The van der Waals surface area contributed by atoms with E-state index in [1.165, 1.54) is 11.1 Å². The topological polar surface area (TPSA) is 54.3 Å². The highest BCUT2D eigenvalue weighted by atomic mass is 32.2. The second-order valence-electron chi connectivity index (χ2n) is 7.12. The summed E-state index contributed by atoms with van der Waals surface area (Å²) in [6.07, 6.45) is 0. The van der Waals surface area contributed by atoms with Crippen LogP contribution in [0.5, 0.6) is 0 Å². The Morgan fingerprint density at radius 1 is 1.00 bits per heavy atom. The van der Waals surface area contributed by atoms with Crippen molar-refractivity contribution in [3.05, 3.63) is 78.5 Å². The zero-order chi connectivity index (χ0) is 21.1. The molecule has 30 heavy (non-hydrogen) atoms. The van der Waals surface area contributed by atoms with Gasteiger partial charge in [-0.25, -0.2) is 0 Å². The normalized spacial score (nSPS) is 11.0. The van der Waals surface area contributed by atoms with Crippen molar-refractivity contribution in [1.29, 1.82) is 0 Å². The monoisotopic (exact) mass is 416 g/mol. The maximum absolute atomic E-state index is 11.5. The molecular formula is C25H24N2O2S. The Morgan fingerprint density at radius 2 is 1.73 bits per heavy atom. The molecule has 4 aromatic rings. The molecule has 0 bridgehead atoms. The molecule has 0 aliphatic carbocycles. The lowest BCUT2D eigenvalue weighted by Gasteiger charge is -2.09. The van der Waals surface area contributed by atoms with Crippen LogP contribution < -0.4 is 5.32 Å². The van der Waals surface area contributed by atoms with E-state index in [4.69, 9.17) is 0 Å². The molecule has 0 amide bonds. The number of carbonyl (C=O) groups is 1. The number of carboxylic acids is 1. The van der Waals surface area contributed by atoms with Crippen LogP contribution in [0.2, 0.25) is 0 Å². The molecule has 1 heterocycles. The van der Waals surface area contributed by atoms with E-state index in [-0.39, 0.29) is 6.54 Å². The number of hydrogen-bond acceptors (Lipinski definition) is 3. The number of benzene rings is 3. The predicted octanol–water partition coefficient (Wildman–Crippen LogP) is 6.28. The van der Waals surface area contributed by atoms with Crippen molar-refractivity contribution in [2.45, 2.75) is 30.2 Å². The highest BCUT2D eigenvalue weighted by Crippen LogP contribution is 2.42. The van der Waals surface area contributed by atoms with E-state index in [2.05, 4.69) is 54.7 Å². The Morgan fingerprint density at radius 3 is 2.47 bits per heavy atom. The van der Waals surface area contributed by atoms with E-state index in [0.29, 0.717) is 0 Å². The number of aromatic nitrogens is 1. The van der Waals surface area contributed by atoms with Crippen molar-refractivity contribution in [2.24, 2.45) is 0 Å². The Labute approximate surface area is 180 Å². The molecule has 0 aliphatic heterocycles. The van der Waals surface area contributed by atoms with Gasteiger partial charge in [0, 0.05) is 33.1 Å². The van der Waals surface area contributed by atoms with E-state index >= 15 is 0 Å². The van der Waals surface area contributed by atoms with Crippen molar-refractivity contribution in [2.75, 3.05) is 11.9 Å². The lowest BCUT2D eigenvalue weighted by atomic mass is 10.1. The van der Waals surface area contributed by atoms with Gasteiger partial charge in [0.25, 0.3) is 0 Å². The minimum atomic E-state index is -0.841. The molecule has 0 saturated carbocycles. The predicted molar refractivity (Wildman–Crippen MR) is 124 cm³/mol. The molecule has 0 radical (unpaired) electrons. The summed E-state index contributed by atoms with van der Waals surface area (Å²) >= 11 is 1.69. The second-order valence-corrected chi connectivity index (χ2v) is 8.20. The molecule has 5 heteroatoms. The third-order valence-corrected chi connectivity index (χ3v) is 6.31. The fourth-order valence-corrected chi connectivity index (χ4v) is 4.92. The van der Waals surface area contributed by atoms with E-state index in [9.17, 15) is 9.90 Å². The Kier molecular flexibility index (Phi) is 5.81. The standard InChI is InChI=1S/C25H24N2O2S/c1-3-26-21-13-8-14-22-24(21)25(17(2)27(22)16-23(28)29)30-20-12-7-11-19(15-20)18-9-5-4-6-10-18/h4-15,26H,3,16H2,1-2H3,(H,28,29). The summed E-state index contributed by atoms with van der Waals surface area (Å²) in [5, 5.41) is 14.0. The number of nitrogens with one attached hydrogen (secondary N) is 1. The number of hydrogen-bond donors (Lipinski definition) is 2. The van der Waals surface area contributed by atoms with Gasteiger partial charge in [-0.1, -0.05) is 60.3 Å². The third-order valence-electron chi connectivity index (χ3n) is 5.12. The highest BCUT2D eigenvalue weighted by molar-refractivity contribution is 7.99. The maximum atomic E-state index is 11.5. The molecular weight excluding hydrogens is 392 g/mol. The summed E-state index contributed by atoms with van der Waals surface area (Å²) in [4.78, 5) is 13.7. The first-order valence-electron chi connectivity index (χ1n) is 9.99. The van der Waals surface area contributed by atoms with Gasteiger partial charge in [0.2, 0.25) is 0 Å². The Hall–Kier alpha value is -3.18. The van der Waals surface area contributed by atoms with Gasteiger partial charge in [-0.05, 0) is 49.2 Å². The van der Waals surface area contributed by atoms with Gasteiger partial charge in [-0.2, -0.15) is 0 Å². The number of rotatable bonds is 7. The largest absolute Gasteiger partial charge is 0.480 e. The van der Waals surface area contributed by atoms with Crippen LogP contribution in [0.3, 0.4) is 0 Å². The summed E-state index contributed by atoms with van der Waals surface area (Å²) in [5.74, 6) is -0.841. The third kappa shape index (κ3) is 3.94. The van der Waals surface area contributed by atoms with Crippen molar-refractivity contribution in [3.63, 3.8) is 0 Å². The van der Waals surface area contributed by atoms with Crippen LogP contribution in [0.1, 0.15) is 12.6 Å². The van der Waals surface area contributed by atoms with Crippen LogP contribution in [-0.4, -0.2) is 22.2 Å². The smallest absolute Gasteiger partial charge is 0.323 e. The Balaban J connectivity index is 1.83. The first-order chi connectivity index (χ1) is 14.6. The summed E-state index contributed by atoms with van der Waals surface area (Å²) in [6.45, 7) is 4.82. The van der Waals surface area contributed by atoms with Crippen molar-refractivity contribution >= 4 is 34.3 Å². The first kappa shape index (κ1) is 20.1. The molecule has 0 fully saturated rings. The van der Waals surface area contributed by atoms with Crippen LogP contribution in [0.25, 0.3) is 22.0 Å². The van der Waals surface area contributed by atoms with Gasteiger partial charge in [0.05, 0.1) is 5.52 Å². The van der Waals surface area contributed by atoms with Crippen molar-refractivity contribution in [1.82, 2.24) is 4.57 Å². The lowest BCUT2D eigenvalue weighted by molar-refractivity contribution is -0.137. The first-order valence-corrected chi connectivity index (χ1v) is 10.8. The number of carboxylic acid groups (broad SMARTS) is 1. The Bertz CT molecular complexity index is 1200. The molecule has 1 aromatic heterocycles. The molecule has 0 atom stereocenters. The van der Waals surface area contributed by atoms with E-state index in [1.807, 2.05) is 41.8 Å². The molecule has 3 aromatic carbocycles. The van der Waals surface area contributed by atoms with Crippen LogP contribution >= 0.6 is 11.8 Å². The van der Waals surface area contributed by atoms with E-state index in [0.717, 1.165) is 38.6 Å². The number of nitrogens with zero attached hydrogens (tertiary/aromatic N) is 1. The zero-order valence-corrected chi connectivity index (χ0v) is 17.9. The van der Waals surface area contributed by atoms with E-state index in [1.54, 1.807) is 11.8 Å². The fraction of sp³-hybridized carbons (Fsp3) is 0.160. The quantitative estimate of drug-likeness (QED) is 0.372. The summed E-state index contributed by atoms with van der Waals surface area (Å²) in [6, 6.07) is 24.8. The van der Waals surface area contributed by atoms with Crippen LogP contribution in [0, 0.1) is 6.92 Å². The minimum Gasteiger partial charge on any atom is -0.480 e. The second kappa shape index (κ2) is 8.67. The number of fused-ring (bicyclic) bond motifs is 1. The van der Waals surface area contributed by atoms with Gasteiger partial charge in [0.1, 0.15) is 6.54 Å². The van der Waals surface area contributed by atoms with Crippen molar-refractivity contribution in [3.8, 4) is 11.1 Å². The maximum Gasteiger partial charge on any atom is 0.323 e.